The van der Waals surface area contributed by atoms with Crippen LogP contribution in [0, 0.1) is 23.7 Å². The summed E-state index contributed by atoms with van der Waals surface area (Å²) in [6.45, 7) is 5.72. The highest BCUT2D eigenvalue weighted by Gasteiger charge is 2.71. The van der Waals surface area contributed by atoms with Gasteiger partial charge in [-0.1, -0.05) is 19.1 Å². The highest BCUT2D eigenvalue weighted by Crippen LogP contribution is 2.54. The molecule has 0 aliphatic heterocycles. The molecule has 13 nitrogen and oxygen atoms in total. The number of phenols is 1. The minimum absolute atomic E-state index is 0.186. The number of aliphatic hydroxyl groups is 1. The maximum absolute atomic E-state index is 13.8. The first-order valence-corrected chi connectivity index (χ1v) is 12.7. The molecule has 40 heavy (non-hydrogen) atoms. The van der Waals surface area contributed by atoms with Gasteiger partial charge in [0.1, 0.15) is 24.0 Å². The smallest absolute Gasteiger partial charge is 0.408 e. The Morgan fingerprint density at radius 3 is 2.38 bits per heavy atom. The Morgan fingerprint density at radius 1 is 1.12 bits per heavy atom. The molecule has 1 aromatic carbocycles. The van der Waals surface area contributed by atoms with Crippen LogP contribution in [-0.4, -0.2) is 75.2 Å². The lowest BCUT2D eigenvalue weighted by Crippen LogP contribution is -2.73. The molecule has 2 unspecified atom stereocenters. The molecule has 2 amide bonds. The predicted octanol–water partition coefficient (Wildman–Crippen LogP) is -0.0657. The van der Waals surface area contributed by atoms with E-state index in [4.69, 9.17) is 15.2 Å². The molecule has 0 heterocycles. The number of ether oxygens (including phenoxy) is 2. The van der Waals surface area contributed by atoms with Crippen LogP contribution in [-0.2, 0) is 33.4 Å². The van der Waals surface area contributed by atoms with E-state index < -0.39 is 107 Å². The van der Waals surface area contributed by atoms with Crippen molar-refractivity contribution >= 4 is 41.1 Å². The maximum atomic E-state index is 13.8. The van der Waals surface area contributed by atoms with Gasteiger partial charge in [-0.25, -0.2) is 4.79 Å². The van der Waals surface area contributed by atoms with Crippen LogP contribution in [0.1, 0.15) is 56.0 Å². The van der Waals surface area contributed by atoms with Gasteiger partial charge in [-0.05, 0) is 38.3 Å². The largest absolute Gasteiger partial charge is 0.507 e. The number of Topliss-reactive ketones (excluding diaryl/α,β-unsaturated/α-hetero) is 4. The minimum atomic E-state index is -3.06. The molecule has 214 valence electrons. The summed E-state index contributed by atoms with van der Waals surface area (Å²) in [5.41, 5.74) is 1.45. The lowest BCUT2D eigenvalue weighted by atomic mass is 9.50. The number of esters is 1. The summed E-state index contributed by atoms with van der Waals surface area (Å²) >= 11 is 0. The maximum Gasteiger partial charge on any atom is 0.408 e. The van der Waals surface area contributed by atoms with Crippen LogP contribution in [0.5, 0.6) is 5.75 Å². The lowest BCUT2D eigenvalue weighted by Gasteiger charge is -2.53. The Balaban J connectivity index is 1.77. The second-order valence-electron chi connectivity index (χ2n) is 11.4. The molecule has 7 atom stereocenters. The molecular formula is C27H30N2O11. The van der Waals surface area contributed by atoms with Gasteiger partial charge in [-0.15, -0.1) is 0 Å². The third kappa shape index (κ3) is 4.53. The fraction of sp³-hybridized carbons (Fsp3) is 0.519. The van der Waals surface area contributed by atoms with Gasteiger partial charge in [0.2, 0.25) is 5.91 Å². The van der Waals surface area contributed by atoms with Crippen LogP contribution in [0.15, 0.2) is 18.2 Å². The molecular weight excluding hydrogens is 528 g/mol. The first kappa shape index (κ1) is 28.9. The molecule has 4 rings (SSSR count). The topological polar surface area (TPSA) is 216 Å². The van der Waals surface area contributed by atoms with E-state index in [0.29, 0.717) is 5.56 Å². The van der Waals surface area contributed by atoms with E-state index in [2.05, 4.69) is 5.32 Å². The molecule has 1 aromatic rings. The zero-order chi connectivity index (χ0) is 29.9. The number of fused-ring (bicyclic) bond motifs is 3. The fourth-order valence-corrected chi connectivity index (χ4v) is 6.09. The van der Waals surface area contributed by atoms with Crippen molar-refractivity contribution in [2.75, 3.05) is 6.54 Å². The first-order chi connectivity index (χ1) is 18.5. The Kier molecular flexibility index (Phi) is 7.08. The van der Waals surface area contributed by atoms with Gasteiger partial charge in [0.05, 0.1) is 11.5 Å². The molecule has 3 aliphatic carbocycles. The normalized spacial score (nSPS) is 31.4. The zero-order valence-corrected chi connectivity index (χ0v) is 22.3. The second-order valence-corrected chi connectivity index (χ2v) is 11.4. The van der Waals surface area contributed by atoms with Crippen LogP contribution in [0.25, 0.3) is 0 Å². The van der Waals surface area contributed by atoms with Gasteiger partial charge in [-0.3, -0.25) is 28.8 Å². The number of nitrogens with two attached hydrogens (primary N) is 1. The first-order valence-electron chi connectivity index (χ1n) is 12.7. The molecule has 0 bridgehead atoms. The average molecular weight is 559 g/mol. The number of alkyl carbamates (subject to hydrolysis) is 1. The van der Waals surface area contributed by atoms with E-state index in [9.17, 15) is 43.8 Å². The standard InChI is InChI=1S/C27H30N2O11/c1-10-11-6-5-7-13(30)17(11)20(33)19-16(10)21(39-15(32)9-29-25(37)40-26(2,3)4)12-8-14(31)18(24(28)36)22(34)27(12,38)23(19)35/h5-7,10,12,16,18-19,21,30,38H,8-9H2,1-4H3,(H2,28,36)(H,29,37)/t10-,12+,16+,18?,19?,21+,27+/m0/s1. The molecule has 0 aromatic heterocycles. The third-order valence-electron chi connectivity index (χ3n) is 7.74. The summed E-state index contributed by atoms with van der Waals surface area (Å²) in [6.07, 6.45) is -3.22. The molecule has 3 aliphatic rings. The number of nitrogens with one attached hydrogen (secondary N) is 1. The summed E-state index contributed by atoms with van der Waals surface area (Å²) in [7, 11) is 0. The number of rotatable bonds is 4. The van der Waals surface area contributed by atoms with Crippen molar-refractivity contribution in [2.24, 2.45) is 29.4 Å². The van der Waals surface area contributed by atoms with Crippen LogP contribution in [0.3, 0.4) is 0 Å². The quantitative estimate of drug-likeness (QED) is 0.283. The number of phenolic OH excluding ortho intramolecular Hbond substituents is 1. The number of aromatic hydroxyl groups is 1. The van der Waals surface area contributed by atoms with Gasteiger partial charge in [0, 0.05) is 18.3 Å². The van der Waals surface area contributed by atoms with Crippen LogP contribution < -0.4 is 11.1 Å². The average Bonchev–Trinajstić information content (AvgIpc) is 2.83. The lowest BCUT2D eigenvalue weighted by molar-refractivity contribution is -0.198. The number of amides is 2. The number of carbonyl (C=O) groups is 7. The van der Waals surface area contributed by atoms with Crippen LogP contribution in [0.2, 0.25) is 0 Å². The SMILES string of the molecule is C[C@H]1c2cccc(O)c2C(=O)C2C(=O)[C@]3(O)C(=O)C(C(N)=O)C(=O)C[C@@H]3[C@@H](OC(=O)CNC(=O)OC(C)(C)C)[C@@H]21. The molecule has 0 saturated heterocycles. The van der Waals surface area contributed by atoms with Crippen molar-refractivity contribution in [1.82, 2.24) is 5.32 Å². The monoisotopic (exact) mass is 558 g/mol. The fourth-order valence-electron chi connectivity index (χ4n) is 6.09. The minimum Gasteiger partial charge on any atom is -0.507 e. The van der Waals surface area contributed by atoms with Gasteiger partial charge < -0.3 is 30.7 Å². The summed E-state index contributed by atoms with van der Waals surface area (Å²) in [6, 6.07) is 4.26. The van der Waals surface area contributed by atoms with Crippen molar-refractivity contribution in [3.63, 3.8) is 0 Å². The Morgan fingerprint density at radius 2 is 1.77 bits per heavy atom. The Hall–Kier alpha value is -4.13. The number of benzene rings is 1. The summed E-state index contributed by atoms with van der Waals surface area (Å²) in [5.74, 6) is -15.0. The zero-order valence-electron chi connectivity index (χ0n) is 22.3. The summed E-state index contributed by atoms with van der Waals surface area (Å²) in [4.78, 5) is 90.5. The van der Waals surface area contributed by atoms with Crippen molar-refractivity contribution in [2.45, 2.75) is 57.3 Å². The number of ketones is 4. The molecule has 0 spiro atoms. The highest BCUT2D eigenvalue weighted by atomic mass is 16.6. The van der Waals surface area contributed by atoms with Gasteiger partial charge >= 0.3 is 12.1 Å². The number of primary amides is 1. The van der Waals surface area contributed by atoms with Crippen molar-refractivity contribution < 1.29 is 53.2 Å². The van der Waals surface area contributed by atoms with Crippen molar-refractivity contribution in [3.05, 3.63) is 29.3 Å². The summed E-state index contributed by atoms with van der Waals surface area (Å²) in [5, 5.41) is 24.2. The Labute approximate surface area is 228 Å². The number of carbonyl (C=O) groups excluding carboxylic acids is 7. The summed E-state index contributed by atoms with van der Waals surface area (Å²) < 4.78 is 10.7. The van der Waals surface area contributed by atoms with Crippen LogP contribution in [0.4, 0.5) is 4.79 Å². The van der Waals surface area contributed by atoms with Gasteiger partial charge in [0.25, 0.3) is 0 Å². The molecule has 2 saturated carbocycles. The second kappa shape index (κ2) is 9.81. The van der Waals surface area contributed by atoms with E-state index >= 15 is 0 Å². The van der Waals surface area contributed by atoms with E-state index in [-0.39, 0.29) is 5.56 Å². The highest BCUT2D eigenvalue weighted by molar-refractivity contribution is 6.31. The number of hydrogen-bond acceptors (Lipinski definition) is 11. The van der Waals surface area contributed by atoms with Crippen molar-refractivity contribution in [1.29, 1.82) is 0 Å². The number of hydrogen-bond donors (Lipinski definition) is 4. The van der Waals surface area contributed by atoms with Crippen molar-refractivity contribution in [3.8, 4) is 5.75 Å². The third-order valence-corrected chi connectivity index (χ3v) is 7.74. The van der Waals surface area contributed by atoms with Crippen LogP contribution >= 0.6 is 0 Å². The molecule has 13 heteroatoms. The molecule has 0 radical (unpaired) electrons. The molecule has 2 fully saturated rings. The Bertz CT molecular complexity index is 1350. The van der Waals surface area contributed by atoms with Gasteiger partial charge in [0.15, 0.2) is 34.7 Å². The van der Waals surface area contributed by atoms with E-state index in [1.54, 1.807) is 33.8 Å². The van der Waals surface area contributed by atoms with E-state index in [1.165, 1.54) is 12.1 Å². The molecule has 5 N–H and O–H groups in total. The predicted molar refractivity (Wildman–Crippen MR) is 133 cm³/mol. The van der Waals surface area contributed by atoms with E-state index in [1.807, 2.05) is 0 Å². The van der Waals surface area contributed by atoms with Gasteiger partial charge in [-0.2, -0.15) is 0 Å². The van der Waals surface area contributed by atoms with E-state index in [0.717, 1.165) is 0 Å².